The van der Waals surface area contributed by atoms with E-state index in [4.69, 9.17) is 9.15 Å². The summed E-state index contributed by atoms with van der Waals surface area (Å²) < 4.78 is 10.4. The highest BCUT2D eigenvalue weighted by atomic mass is 32.1. The molecule has 0 bridgehead atoms. The van der Waals surface area contributed by atoms with Crippen LogP contribution >= 0.6 is 11.3 Å². The number of nitrogens with one attached hydrogen (secondary N) is 2. The first-order chi connectivity index (χ1) is 14.0. The molecule has 0 aliphatic carbocycles. The second kappa shape index (κ2) is 7.76. The lowest BCUT2D eigenvalue weighted by Crippen LogP contribution is -2.20. The number of aryl methyl sites for hydroxylation is 1. The number of para-hydroxylation sites is 1. The fourth-order valence-electron chi connectivity index (χ4n) is 2.79. The van der Waals surface area contributed by atoms with Crippen LogP contribution in [0.3, 0.4) is 0 Å². The van der Waals surface area contributed by atoms with Crippen molar-refractivity contribution in [1.82, 2.24) is 4.98 Å². The Bertz CT molecular complexity index is 1260. The van der Waals surface area contributed by atoms with Gasteiger partial charge in [-0.2, -0.15) is 0 Å². The van der Waals surface area contributed by atoms with E-state index in [0.717, 1.165) is 11.3 Å². The predicted molar refractivity (Wildman–Crippen MR) is 114 cm³/mol. The van der Waals surface area contributed by atoms with E-state index in [-0.39, 0.29) is 5.56 Å². The van der Waals surface area contributed by atoms with Gasteiger partial charge in [0.05, 0.1) is 7.11 Å². The number of benzene rings is 2. The number of hydrogen-bond acceptors (Lipinski definition) is 7. The quantitative estimate of drug-likeness (QED) is 0.471. The number of ether oxygens (including phenoxy) is 1. The first kappa shape index (κ1) is 18.7. The van der Waals surface area contributed by atoms with E-state index >= 15 is 0 Å². The molecule has 29 heavy (non-hydrogen) atoms. The van der Waals surface area contributed by atoms with Crippen LogP contribution in [0.4, 0.5) is 16.6 Å². The van der Waals surface area contributed by atoms with E-state index < -0.39 is 11.5 Å². The fraction of sp³-hybridized carbons (Fsp3) is 0.0952. The van der Waals surface area contributed by atoms with Crippen molar-refractivity contribution >= 4 is 44.9 Å². The summed E-state index contributed by atoms with van der Waals surface area (Å²) in [7, 11) is 1.54. The molecule has 2 aromatic carbocycles. The first-order valence-electron chi connectivity index (χ1n) is 8.75. The van der Waals surface area contributed by atoms with Gasteiger partial charge in [0.2, 0.25) is 0 Å². The van der Waals surface area contributed by atoms with Crippen molar-refractivity contribution in [3.63, 3.8) is 0 Å². The Morgan fingerprint density at radius 3 is 2.79 bits per heavy atom. The standard InChI is InChI=1S/C21H17N3O4S/c1-12-5-3-4-6-16(12)22-21-24-18(11-29-21)23-19(25)15-10-13-9-14(27-2)7-8-17(13)28-20(15)26/h3-11H,1-2H3,(H,22,24)(H,23,25). The number of nitrogens with zero attached hydrogens (tertiary/aromatic N) is 1. The largest absolute Gasteiger partial charge is 0.497 e. The van der Waals surface area contributed by atoms with Crippen molar-refractivity contribution in [1.29, 1.82) is 0 Å². The molecule has 0 atom stereocenters. The topological polar surface area (TPSA) is 93.5 Å². The fourth-order valence-corrected chi connectivity index (χ4v) is 3.44. The molecule has 7 nitrogen and oxygen atoms in total. The molecular formula is C21H17N3O4S. The van der Waals surface area contributed by atoms with E-state index in [1.54, 1.807) is 30.7 Å². The zero-order chi connectivity index (χ0) is 20.4. The number of anilines is 3. The number of amides is 1. The van der Waals surface area contributed by atoms with E-state index in [9.17, 15) is 9.59 Å². The van der Waals surface area contributed by atoms with Crippen LogP contribution in [0, 0.1) is 6.92 Å². The molecule has 0 fully saturated rings. The molecule has 0 spiro atoms. The summed E-state index contributed by atoms with van der Waals surface area (Å²) in [6.45, 7) is 1.99. The number of rotatable bonds is 5. The van der Waals surface area contributed by atoms with Gasteiger partial charge in [-0.3, -0.25) is 4.79 Å². The molecule has 4 aromatic rings. The van der Waals surface area contributed by atoms with Gasteiger partial charge >= 0.3 is 5.63 Å². The minimum atomic E-state index is -0.714. The monoisotopic (exact) mass is 407 g/mol. The minimum absolute atomic E-state index is 0.104. The van der Waals surface area contributed by atoms with Crippen molar-refractivity contribution in [2.24, 2.45) is 0 Å². The maximum Gasteiger partial charge on any atom is 0.349 e. The third kappa shape index (κ3) is 3.97. The van der Waals surface area contributed by atoms with Gasteiger partial charge < -0.3 is 19.8 Å². The summed E-state index contributed by atoms with van der Waals surface area (Å²) in [4.78, 5) is 29.2. The smallest absolute Gasteiger partial charge is 0.349 e. The molecule has 0 radical (unpaired) electrons. The maximum absolute atomic E-state index is 12.6. The van der Waals surface area contributed by atoms with Crippen LogP contribution in [-0.2, 0) is 0 Å². The Hall–Kier alpha value is -3.65. The van der Waals surface area contributed by atoms with Gasteiger partial charge in [0.1, 0.15) is 22.7 Å². The lowest BCUT2D eigenvalue weighted by Gasteiger charge is -2.06. The molecule has 0 saturated carbocycles. The summed E-state index contributed by atoms with van der Waals surface area (Å²) in [5.41, 5.74) is 1.58. The molecule has 0 aliphatic rings. The number of fused-ring (bicyclic) bond motifs is 1. The van der Waals surface area contributed by atoms with E-state index in [1.807, 2.05) is 31.2 Å². The van der Waals surface area contributed by atoms with Gasteiger partial charge in [-0.15, -0.1) is 11.3 Å². The first-order valence-corrected chi connectivity index (χ1v) is 9.63. The van der Waals surface area contributed by atoms with Gasteiger partial charge in [-0.1, -0.05) is 18.2 Å². The Labute approximate surface area is 170 Å². The average molecular weight is 407 g/mol. The summed E-state index contributed by atoms with van der Waals surface area (Å²) in [6.07, 6.45) is 0. The predicted octanol–water partition coefficient (Wildman–Crippen LogP) is 4.56. The molecular weight excluding hydrogens is 390 g/mol. The SMILES string of the molecule is COc1ccc2oc(=O)c(C(=O)Nc3csc(Nc4ccccc4C)n3)cc2c1. The van der Waals surface area contributed by atoms with Crippen LogP contribution in [0.5, 0.6) is 5.75 Å². The van der Waals surface area contributed by atoms with Crippen LogP contribution in [0.1, 0.15) is 15.9 Å². The summed E-state index contributed by atoms with van der Waals surface area (Å²) in [5, 5.41) is 8.78. The van der Waals surface area contributed by atoms with Gasteiger partial charge in [-0.05, 0) is 42.8 Å². The second-order valence-electron chi connectivity index (χ2n) is 6.28. The lowest BCUT2D eigenvalue weighted by atomic mass is 10.1. The number of methoxy groups -OCH3 is 1. The highest BCUT2D eigenvalue weighted by Crippen LogP contribution is 2.26. The third-order valence-electron chi connectivity index (χ3n) is 4.32. The zero-order valence-corrected chi connectivity index (χ0v) is 16.5. The Kier molecular flexibility index (Phi) is 5.01. The number of hydrogen-bond donors (Lipinski definition) is 2. The van der Waals surface area contributed by atoms with E-state index in [0.29, 0.717) is 27.7 Å². The Morgan fingerprint density at radius 1 is 1.17 bits per heavy atom. The highest BCUT2D eigenvalue weighted by Gasteiger charge is 2.16. The van der Waals surface area contributed by atoms with Gasteiger partial charge in [0.15, 0.2) is 5.13 Å². The van der Waals surface area contributed by atoms with Crippen molar-refractivity contribution < 1.29 is 13.9 Å². The molecule has 0 saturated heterocycles. The minimum Gasteiger partial charge on any atom is -0.497 e. The molecule has 2 heterocycles. The van der Waals surface area contributed by atoms with Crippen LogP contribution in [0.2, 0.25) is 0 Å². The van der Waals surface area contributed by atoms with Crippen molar-refractivity contribution in [3.8, 4) is 5.75 Å². The van der Waals surface area contributed by atoms with Crippen LogP contribution in [-0.4, -0.2) is 18.0 Å². The molecule has 2 aromatic heterocycles. The Morgan fingerprint density at radius 2 is 2.00 bits per heavy atom. The molecule has 0 unspecified atom stereocenters. The second-order valence-corrected chi connectivity index (χ2v) is 7.14. The normalized spacial score (nSPS) is 10.7. The molecule has 8 heteroatoms. The lowest BCUT2D eigenvalue weighted by molar-refractivity contribution is 0.102. The summed E-state index contributed by atoms with van der Waals surface area (Å²) in [6, 6.07) is 14.3. The maximum atomic E-state index is 12.6. The molecule has 146 valence electrons. The van der Waals surface area contributed by atoms with Crippen molar-refractivity contribution in [2.75, 3.05) is 17.7 Å². The average Bonchev–Trinajstić information content (AvgIpc) is 3.15. The van der Waals surface area contributed by atoms with Crippen LogP contribution < -0.4 is 21.0 Å². The number of carbonyl (C=O) groups is 1. The molecule has 4 rings (SSSR count). The number of aromatic nitrogens is 1. The van der Waals surface area contributed by atoms with Gasteiger partial charge in [0.25, 0.3) is 5.91 Å². The molecule has 1 amide bonds. The van der Waals surface area contributed by atoms with Gasteiger partial charge in [0, 0.05) is 16.5 Å². The number of thiazole rings is 1. The van der Waals surface area contributed by atoms with Gasteiger partial charge in [-0.25, -0.2) is 9.78 Å². The van der Waals surface area contributed by atoms with E-state index in [2.05, 4.69) is 15.6 Å². The van der Waals surface area contributed by atoms with Crippen LogP contribution in [0.25, 0.3) is 11.0 Å². The van der Waals surface area contributed by atoms with Crippen LogP contribution in [0.15, 0.2) is 63.1 Å². The third-order valence-corrected chi connectivity index (χ3v) is 5.07. The van der Waals surface area contributed by atoms with E-state index in [1.165, 1.54) is 17.4 Å². The zero-order valence-electron chi connectivity index (χ0n) is 15.7. The highest BCUT2D eigenvalue weighted by molar-refractivity contribution is 7.14. The summed E-state index contributed by atoms with van der Waals surface area (Å²) >= 11 is 1.35. The van der Waals surface area contributed by atoms with Crippen molar-refractivity contribution in [3.05, 3.63) is 75.5 Å². The number of carbonyl (C=O) groups excluding carboxylic acids is 1. The summed E-state index contributed by atoms with van der Waals surface area (Å²) in [5.74, 6) is 0.363. The van der Waals surface area contributed by atoms with Crippen molar-refractivity contribution in [2.45, 2.75) is 6.92 Å². The molecule has 2 N–H and O–H groups in total. The Balaban J connectivity index is 1.55. The molecule has 0 aliphatic heterocycles.